The average Bonchev–Trinajstić information content (AvgIpc) is 2.55. The van der Waals surface area contributed by atoms with E-state index in [9.17, 15) is 4.79 Å². The van der Waals surface area contributed by atoms with Gasteiger partial charge in [0.2, 0.25) is 0 Å². The van der Waals surface area contributed by atoms with E-state index in [1.54, 1.807) is 13.8 Å². The van der Waals surface area contributed by atoms with Crippen LogP contribution >= 0.6 is 0 Å². The second kappa shape index (κ2) is 3.85. The van der Waals surface area contributed by atoms with E-state index in [1.807, 2.05) is 0 Å². The van der Waals surface area contributed by atoms with Crippen LogP contribution in [0.15, 0.2) is 12.7 Å². The van der Waals surface area contributed by atoms with Crippen LogP contribution in [0.3, 0.4) is 0 Å². The van der Waals surface area contributed by atoms with Gasteiger partial charge in [-0.2, -0.15) is 5.10 Å². The van der Waals surface area contributed by atoms with Crippen molar-refractivity contribution >= 4 is 5.97 Å². The molecule has 12 heavy (non-hydrogen) atoms. The van der Waals surface area contributed by atoms with Crippen LogP contribution in [0.25, 0.3) is 0 Å². The molecule has 0 N–H and O–H groups in total. The molecule has 0 saturated carbocycles. The summed E-state index contributed by atoms with van der Waals surface area (Å²) in [5, 5.41) is 3.82. The molecular weight excluding hydrogens is 158 g/mol. The first-order chi connectivity index (χ1) is 5.75. The highest BCUT2D eigenvalue weighted by atomic mass is 16.5. The zero-order chi connectivity index (χ0) is 8.97. The van der Waals surface area contributed by atoms with E-state index >= 15 is 0 Å². The van der Waals surface area contributed by atoms with Crippen LogP contribution in [0.1, 0.15) is 19.9 Å². The number of carbonyl (C=O) groups is 1. The molecule has 0 aliphatic heterocycles. The molecule has 0 fully saturated rings. The van der Waals surface area contributed by atoms with Crippen LogP contribution in [-0.4, -0.2) is 27.3 Å². The highest BCUT2D eigenvalue weighted by Gasteiger charge is 2.15. The lowest BCUT2D eigenvalue weighted by atomic mass is 10.3. The maximum Gasteiger partial charge on any atom is 0.330 e. The van der Waals surface area contributed by atoms with Crippen molar-refractivity contribution in [2.24, 2.45) is 0 Å². The SMILES string of the molecule is CCOC(=O)C(C)n1cncn1. The van der Waals surface area contributed by atoms with Gasteiger partial charge < -0.3 is 4.74 Å². The molecule has 66 valence electrons. The smallest absolute Gasteiger partial charge is 0.330 e. The predicted molar refractivity (Wildman–Crippen MR) is 41.4 cm³/mol. The number of nitrogens with zero attached hydrogens (tertiary/aromatic N) is 3. The first-order valence-electron chi connectivity index (χ1n) is 3.76. The van der Waals surface area contributed by atoms with E-state index < -0.39 is 6.04 Å². The number of aromatic nitrogens is 3. The Morgan fingerprint density at radius 2 is 2.50 bits per heavy atom. The lowest BCUT2D eigenvalue weighted by Crippen LogP contribution is -2.19. The Bertz CT molecular complexity index is 245. The summed E-state index contributed by atoms with van der Waals surface area (Å²) in [6.45, 7) is 3.87. The third kappa shape index (κ3) is 1.81. The maximum absolute atomic E-state index is 11.1. The Morgan fingerprint density at radius 3 is 3.00 bits per heavy atom. The molecule has 0 saturated heterocycles. The number of hydrogen-bond acceptors (Lipinski definition) is 4. The quantitative estimate of drug-likeness (QED) is 0.614. The number of rotatable bonds is 3. The average molecular weight is 169 g/mol. The molecule has 0 aliphatic rings. The standard InChI is InChI=1S/C7H11N3O2/c1-3-12-7(11)6(2)10-5-8-4-9-10/h4-6H,3H2,1-2H3. The molecule has 0 aliphatic carbocycles. The summed E-state index contributed by atoms with van der Waals surface area (Å²) in [7, 11) is 0. The van der Waals surface area contributed by atoms with Crippen LogP contribution in [-0.2, 0) is 9.53 Å². The minimum Gasteiger partial charge on any atom is -0.464 e. The molecule has 0 bridgehead atoms. The molecule has 0 radical (unpaired) electrons. The van der Waals surface area contributed by atoms with Crippen LogP contribution in [0.2, 0.25) is 0 Å². The van der Waals surface area contributed by atoms with Gasteiger partial charge in [-0.05, 0) is 13.8 Å². The molecule has 0 spiro atoms. The molecule has 1 aromatic rings. The summed E-state index contributed by atoms with van der Waals surface area (Å²) in [5.41, 5.74) is 0. The van der Waals surface area contributed by atoms with Crippen molar-refractivity contribution in [1.82, 2.24) is 14.8 Å². The number of esters is 1. The maximum atomic E-state index is 11.1. The lowest BCUT2D eigenvalue weighted by molar-refractivity contribution is -0.146. The van der Waals surface area contributed by atoms with Gasteiger partial charge in [-0.15, -0.1) is 0 Å². The molecular formula is C7H11N3O2. The van der Waals surface area contributed by atoms with E-state index in [-0.39, 0.29) is 5.97 Å². The van der Waals surface area contributed by atoms with E-state index in [0.29, 0.717) is 6.61 Å². The van der Waals surface area contributed by atoms with Crippen molar-refractivity contribution < 1.29 is 9.53 Å². The zero-order valence-corrected chi connectivity index (χ0v) is 7.10. The Labute approximate surface area is 70.4 Å². The second-order valence-electron chi connectivity index (χ2n) is 2.30. The van der Waals surface area contributed by atoms with Crippen molar-refractivity contribution in [3.05, 3.63) is 12.7 Å². The van der Waals surface area contributed by atoms with Crippen molar-refractivity contribution in [3.8, 4) is 0 Å². The molecule has 5 heteroatoms. The van der Waals surface area contributed by atoms with Crippen LogP contribution in [0.4, 0.5) is 0 Å². The van der Waals surface area contributed by atoms with Crippen molar-refractivity contribution in [2.75, 3.05) is 6.61 Å². The van der Waals surface area contributed by atoms with Gasteiger partial charge in [-0.1, -0.05) is 0 Å². The van der Waals surface area contributed by atoms with E-state index in [1.165, 1.54) is 17.3 Å². The summed E-state index contributed by atoms with van der Waals surface area (Å²) in [6.07, 6.45) is 2.87. The summed E-state index contributed by atoms with van der Waals surface area (Å²) in [6, 6.07) is -0.396. The normalized spacial score (nSPS) is 12.5. The van der Waals surface area contributed by atoms with Crippen molar-refractivity contribution in [3.63, 3.8) is 0 Å². The minimum absolute atomic E-state index is 0.289. The van der Waals surface area contributed by atoms with Gasteiger partial charge >= 0.3 is 5.97 Å². The van der Waals surface area contributed by atoms with Gasteiger partial charge in [-0.25, -0.2) is 14.5 Å². The van der Waals surface area contributed by atoms with E-state index in [4.69, 9.17) is 4.74 Å². The third-order valence-corrected chi connectivity index (χ3v) is 1.46. The van der Waals surface area contributed by atoms with Gasteiger partial charge in [0.15, 0.2) is 0 Å². The largest absolute Gasteiger partial charge is 0.464 e. The van der Waals surface area contributed by atoms with Gasteiger partial charge in [0.05, 0.1) is 6.61 Å². The van der Waals surface area contributed by atoms with E-state index in [0.717, 1.165) is 0 Å². The Kier molecular flexibility index (Phi) is 2.79. The van der Waals surface area contributed by atoms with Crippen LogP contribution in [0.5, 0.6) is 0 Å². The number of ether oxygens (including phenoxy) is 1. The lowest BCUT2D eigenvalue weighted by Gasteiger charge is -2.09. The van der Waals surface area contributed by atoms with Gasteiger partial charge in [0.25, 0.3) is 0 Å². The van der Waals surface area contributed by atoms with Gasteiger partial charge in [-0.3, -0.25) is 0 Å². The van der Waals surface area contributed by atoms with Gasteiger partial charge in [0, 0.05) is 0 Å². The first kappa shape index (κ1) is 8.70. The first-order valence-corrected chi connectivity index (χ1v) is 3.76. The molecule has 1 unspecified atom stereocenters. The molecule has 1 atom stereocenters. The molecule has 0 amide bonds. The summed E-state index contributed by atoms with van der Waals surface area (Å²) < 4.78 is 6.26. The molecule has 1 rings (SSSR count). The number of hydrogen-bond donors (Lipinski definition) is 0. The second-order valence-corrected chi connectivity index (χ2v) is 2.30. The van der Waals surface area contributed by atoms with Crippen LogP contribution < -0.4 is 0 Å². The monoisotopic (exact) mass is 169 g/mol. The fourth-order valence-electron chi connectivity index (χ4n) is 0.788. The van der Waals surface area contributed by atoms with Gasteiger partial charge in [0.1, 0.15) is 18.7 Å². The topological polar surface area (TPSA) is 57.0 Å². The highest BCUT2D eigenvalue weighted by Crippen LogP contribution is 2.03. The predicted octanol–water partition coefficient (Wildman–Crippen LogP) is 0.402. The summed E-state index contributed by atoms with van der Waals surface area (Å²) in [5.74, 6) is -0.289. The van der Waals surface area contributed by atoms with Crippen molar-refractivity contribution in [1.29, 1.82) is 0 Å². The summed E-state index contributed by atoms with van der Waals surface area (Å²) >= 11 is 0. The Balaban J connectivity index is 2.59. The minimum atomic E-state index is -0.396. The molecule has 1 heterocycles. The Morgan fingerprint density at radius 1 is 1.75 bits per heavy atom. The highest BCUT2D eigenvalue weighted by molar-refractivity contribution is 5.73. The Hall–Kier alpha value is -1.39. The van der Waals surface area contributed by atoms with Crippen LogP contribution in [0, 0.1) is 0 Å². The molecule has 1 aromatic heterocycles. The van der Waals surface area contributed by atoms with Crippen molar-refractivity contribution in [2.45, 2.75) is 19.9 Å². The van der Waals surface area contributed by atoms with E-state index in [2.05, 4.69) is 10.1 Å². The molecule has 5 nitrogen and oxygen atoms in total. The third-order valence-electron chi connectivity index (χ3n) is 1.46. The summed E-state index contributed by atoms with van der Waals surface area (Å²) in [4.78, 5) is 14.9. The fourth-order valence-corrected chi connectivity index (χ4v) is 0.788. The number of carbonyl (C=O) groups excluding carboxylic acids is 1. The fraction of sp³-hybridized carbons (Fsp3) is 0.571. The zero-order valence-electron chi connectivity index (χ0n) is 7.10. The molecule has 0 aromatic carbocycles.